The SMILES string of the molecule is [2H]C([2H])([2H])C1(C([2H])([2H])[2H])C(C)N(c2c(C)ccc3c2oc2ccccc23)C(C)(C)C1([2H])[2H].[2H]C([2H])([2H])C1(C([2H])([2H])[2H])C(C)N(c2c(C)ccc3c2oc2ncccc23)C(C)(C)C1([2H])[2H].[2H]C([2H])([2H])C1(C)c2ccccc2N(c2ccccc2C)C1C.[2H]C([2H])([2H])C1(C)c2cccnc2N(c2ccccc2C)C1C.[2H]C1([2H])C2(CCCCC2)C(C)N(c2c(C)ccc3c2oc2ccccc23)C1(C)C.[2H]C1([2H])C2(CCCCC2)C(C)N(c2c(C)ccc3c2oc2ncccc23)C1(C)C. The van der Waals surface area contributed by atoms with E-state index in [1.54, 1.807) is 62.2 Å². The van der Waals surface area contributed by atoms with Crippen LogP contribution in [0.15, 0.2) is 243 Å². The minimum Gasteiger partial charge on any atom is -0.454 e. The zero-order valence-corrected chi connectivity index (χ0v) is 85.6. The third-order valence-corrected chi connectivity index (χ3v) is 32.5. The molecule has 140 heavy (non-hydrogen) atoms. The van der Waals surface area contributed by atoms with E-state index < -0.39 is 123 Å². The first kappa shape index (κ1) is 70.1. The second-order valence-electron chi connectivity index (χ2n) is 43.5. The largest absolute Gasteiger partial charge is 0.454 e. The van der Waals surface area contributed by atoms with Crippen LogP contribution in [0.5, 0.6) is 0 Å². The number of anilines is 8. The van der Waals surface area contributed by atoms with Crippen LogP contribution in [0, 0.1) is 63.2 Å². The van der Waals surface area contributed by atoms with Crippen molar-refractivity contribution in [3.63, 3.8) is 0 Å². The second-order valence-corrected chi connectivity index (χ2v) is 43.5. The molecule has 2 saturated carbocycles. The molecule has 0 bridgehead atoms. The number of nitrogens with zero attached hydrogens (tertiary/aromatic N) is 9. The molecule has 13 heterocycles. The van der Waals surface area contributed by atoms with Crippen molar-refractivity contribution in [3.05, 3.63) is 269 Å². The first-order valence-electron chi connectivity index (χ1n) is 63.3. The fraction of sp³-hybridized carbons (Fsp3) is 0.457. The van der Waals surface area contributed by atoms with Crippen LogP contribution >= 0.6 is 0 Å². The summed E-state index contributed by atoms with van der Waals surface area (Å²) in [4.78, 5) is 25.4. The van der Waals surface area contributed by atoms with E-state index >= 15 is 0 Å². The quantitative estimate of drug-likeness (QED) is 0.158. The van der Waals surface area contributed by atoms with Crippen molar-refractivity contribution < 1.29 is 53.3 Å². The zero-order chi connectivity index (χ0) is 122. The average Bonchev–Trinajstić information content (AvgIpc) is 1.49. The van der Waals surface area contributed by atoms with E-state index in [1.807, 2.05) is 200 Å². The van der Waals surface area contributed by atoms with Crippen LogP contribution in [0.4, 0.5) is 45.6 Å². The van der Waals surface area contributed by atoms with E-state index in [2.05, 4.69) is 145 Å². The summed E-state index contributed by atoms with van der Waals surface area (Å²) < 4.78 is 245. The molecule has 4 saturated heterocycles. The summed E-state index contributed by atoms with van der Waals surface area (Å²) in [5, 5.41) is 7.54. The van der Waals surface area contributed by atoms with E-state index in [0.717, 1.165) is 190 Å². The summed E-state index contributed by atoms with van der Waals surface area (Å²) in [5.74, 6) is 0.753. The number of hydrogen-bond donors (Lipinski definition) is 0. The summed E-state index contributed by atoms with van der Waals surface area (Å²) >= 11 is 0. The number of pyridine rings is 3. The molecule has 6 fully saturated rings. The summed E-state index contributed by atoms with van der Waals surface area (Å²) in [6.07, 6.45) is 8.11. The molecule has 24 rings (SSSR count). The highest BCUT2D eigenvalue weighted by Crippen LogP contribution is 2.62. The molecule has 7 aromatic heterocycles. The van der Waals surface area contributed by atoms with Gasteiger partial charge in [0.25, 0.3) is 0 Å². The van der Waals surface area contributed by atoms with Crippen LogP contribution in [0.25, 0.3) is 88.0 Å². The Morgan fingerprint density at radius 3 is 1.01 bits per heavy atom. The topological polar surface area (TPSA) is 111 Å². The number of rotatable bonds is 6. The highest BCUT2D eigenvalue weighted by molar-refractivity contribution is 6.13. The molecule has 6 aliphatic heterocycles. The Hall–Kier alpha value is -11.6. The van der Waals surface area contributed by atoms with Crippen molar-refractivity contribution in [2.24, 2.45) is 21.7 Å². The summed E-state index contributed by atoms with van der Waals surface area (Å²) in [5.41, 5.74) is 7.26. The van der Waals surface area contributed by atoms with Gasteiger partial charge in [0.1, 0.15) is 17.0 Å². The first-order chi connectivity index (χ1) is 77.0. The molecule has 0 radical (unpaired) electrons. The van der Waals surface area contributed by atoms with E-state index in [1.165, 1.54) is 26.7 Å². The summed E-state index contributed by atoms with van der Waals surface area (Å²) in [6.45, 7) is 25.2. The Balaban J connectivity index is 0.000000123. The van der Waals surface area contributed by atoms with Crippen molar-refractivity contribution >= 4 is 134 Å². The van der Waals surface area contributed by atoms with E-state index in [0.29, 0.717) is 39.6 Å². The van der Waals surface area contributed by atoms with Crippen molar-refractivity contribution in [2.75, 3.05) is 29.4 Å². The Morgan fingerprint density at radius 1 is 0.286 bits per heavy atom. The highest BCUT2D eigenvalue weighted by atomic mass is 16.3. The van der Waals surface area contributed by atoms with E-state index in [-0.39, 0.29) is 35.0 Å². The lowest BCUT2D eigenvalue weighted by molar-refractivity contribution is 0.170. The number of furan rings is 4. The van der Waals surface area contributed by atoms with Gasteiger partial charge in [0.2, 0.25) is 11.4 Å². The van der Waals surface area contributed by atoms with Crippen molar-refractivity contribution in [1.82, 2.24) is 15.0 Å². The standard InChI is InChI=1S/C25H31NO.C24H30N2O.C22H27NO.C21H26N2O.C18H21N.C17H20N2/c1-17-12-13-20-19-10-6-7-11-21(19)27-23(20)22(17)26-18(2)25(16-24(26,3)4)14-8-5-9-15-25;1-16-10-11-18-19-9-8-14-25-22(19)27-21(18)20(16)26-17(2)24(15-23(26,3)4)12-6-5-7-13-24;1-14-11-12-17-16-9-7-8-10-18(16)24-20(17)19(14)23-15(2)21(3,4)13-22(23,5)6;1-13-9-10-15-16-8-7-11-22-19(16)24-18(15)17(13)23-14(2)20(3,4)12-21(23,5)6;1-13-9-5-7-11-16(13)19-14(2)18(3,4)15-10-6-8-12-17(15)19;1-12-8-5-6-10-15(12)19-13(2)17(3,4)14-9-7-11-18-16(14)19/h6-7,10-13,18H,5,8-9,14-16H2,1-4H3;8-11,14,17H,5-7,12-13,15H2,1-4H3;7-12,15H,13H2,1-6H3;7-11,14H,12H2,1-6H3;5-12,14H,1-4H3;5-11,13H,1-4H3/i16D2;15D2;3D3,4D3,13D2;3D3,4D3,12D2;2*3D3. The third kappa shape index (κ3) is 16.4. The van der Waals surface area contributed by atoms with Crippen LogP contribution in [0.3, 0.4) is 0 Å². The lowest BCUT2D eigenvalue weighted by Gasteiger charge is -2.41. The van der Waals surface area contributed by atoms with Gasteiger partial charge in [-0.2, -0.15) is 0 Å². The number of aryl methyl sites for hydroxylation is 6. The smallest absolute Gasteiger partial charge is 0.227 e. The number of aromatic nitrogens is 3. The minimum absolute atomic E-state index is 0.0956. The van der Waals surface area contributed by atoms with Gasteiger partial charge in [-0.15, -0.1) is 0 Å². The number of benzene rings is 9. The van der Waals surface area contributed by atoms with Gasteiger partial charge in [-0.1, -0.05) is 239 Å². The van der Waals surface area contributed by atoms with Gasteiger partial charge in [-0.25, -0.2) is 15.0 Å². The van der Waals surface area contributed by atoms with Gasteiger partial charge in [0, 0.05) is 189 Å². The predicted octanol–water partition coefficient (Wildman–Crippen LogP) is 34.9. The van der Waals surface area contributed by atoms with Crippen LogP contribution in [0.1, 0.15) is 322 Å². The number of fused-ring (bicyclic) bond motifs is 14. The Bertz CT molecular complexity index is 8010. The molecule has 16 aromatic rings. The van der Waals surface area contributed by atoms with E-state index in [4.69, 9.17) is 47.8 Å². The molecule has 13 nitrogen and oxygen atoms in total. The molecule has 9 aromatic carbocycles. The van der Waals surface area contributed by atoms with Crippen LogP contribution in [0.2, 0.25) is 0 Å². The number of para-hydroxylation sites is 5. The number of hydrogen-bond acceptors (Lipinski definition) is 13. The molecule has 8 aliphatic rings. The second kappa shape index (κ2) is 35.8. The van der Waals surface area contributed by atoms with Gasteiger partial charge in [-0.3, -0.25) is 0 Å². The zero-order valence-electron chi connectivity index (χ0n) is 112. The van der Waals surface area contributed by atoms with Crippen molar-refractivity contribution in [1.29, 1.82) is 0 Å². The molecule has 2 spiro atoms. The lowest BCUT2D eigenvalue weighted by atomic mass is 9.68. The molecule has 8 unspecified atom stereocenters. The average molecular weight is 1900 g/mol. The lowest BCUT2D eigenvalue weighted by Crippen LogP contribution is -2.44. The monoisotopic (exact) mass is 1900 g/mol. The Kier molecular flexibility index (Phi) is 18.0. The summed E-state index contributed by atoms with van der Waals surface area (Å²) in [7, 11) is 0. The van der Waals surface area contributed by atoms with Crippen LogP contribution in [-0.4, -0.2) is 73.4 Å². The van der Waals surface area contributed by atoms with E-state index in [9.17, 15) is 5.48 Å². The molecule has 8 atom stereocenters. The fourth-order valence-electron chi connectivity index (χ4n) is 25.3. The molecular formula is C127H155N9O4. The van der Waals surface area contributed by atoms with Gasteiger partial charge < -0.3 is 47.1 Å². The maximum Gasteiger partial charge on any atom is 0.227 e. The minimum atomic E-state index is -3.09. The Morgan fingerprint density at radius 2 is 0.607 bits per heavy atom. The van der Waals surface area contributed by atoms with Crippen LogP contribution < -0.4 is 29.4 Å². The molecular weight excluding hydrogens is 1720 g/mol. The van der Waals surface area contributed by atoms with Crippen molar-refractivity contribution in [2.45, 2.75) is 352 Å². The molecule has 0 amide bonds. The third-order valence-electron chi connectivity index (χ3n) is 32.5. The van der Waals surface area contributed by atoms with Gasteiger partial charge >= 0.3 is 0 Å². The van der Waals surface area contributed by atoms with Gasteiger partial charge in [0.05, 0.1) is 22.7 Å². The molecule has 732 valence electrons. The maximum absolute atomic E-state index is 9.32. The molecule has 2 aliphatic carbocycles. The Labute approximate surface area is 870 Å². The normalized spacial score (nSPS) is 28.8. The van der Waals surface area contributed by atoms with Gasteiger partial charge in [0.15, 0.2) is 22.3 Å². The van der Waals surface area contributed by atoms with Gasteiger partial charge in [-0.05, 0) is 311 Å². The van der Waals surface area contributed by atoms with Crippen molar-refractivity contribution in [3.8, 4) is 0 Å². The predicted molar refractivity (Wildman–Crippen MR) is 593 cm³/mol. The molecule has 0 N–H and O–H groups in total. The maximum atomic E-state index is 9.32. The first-order valence-corrected chi connectivity index (χ1v) is 50.3. The van der Waals surface area contributed by atoms with Crippen LogP contribution in [-0.2, 0) is 10.8 Å². The molecule has 13 heteroatoms. The fourth-order valence-corrected chi connectivity index (χ4v) is 25.3. The highest BCUT2D eigenvalue weighted by Gasteiger charge is 2.58. The summed E-state index contributed by atoms with van der Waals surface area (Å²) in [6, 6.07) is 64.7.